The van der Waals surface area contributed by atoms with Gasteiger partial charge >= 0.3 is 0 Å². The number of carbonyl (C=O) groups excluding carboxylic acids is 1. The van der Waals surface area contributed by atoms with Crippen molar-refractivity contribution in [1.82, 2.24) is 9.88 Å². The molecule has 110 valence electrons. The minimum atomic E-state index is 0.0739. The number of thiazole rings is 1. The van der Waals surface area contributed by atoms with Crippen LogP contribution in [0.1, 0.15) is 28.9 Å². The number of nitrogens with two attached hydrogens (primary N) is 1. The second-order valence-corrected chi connectivity index (χ2v) is 6.31. The van der Waals surface area contributed by atoms with E-state index < -0.39 is 0 Å². The number of benzene rings is 1. The molecule has 0 aliphatic carbocycles. The summed E-state index contributed by atoms with van der Waals surface area (Å²) in [7, 11) is 0. The number of amides is 1. The van der Waals surface area contributed by atoms with Crippen molar-refractivity contribution in [3.63, 3.8) is 0 Å². The van der Waals surface area contributed by atoms with Crippen LogP contribution in [-0.4, -0.2) is 34.9 Å². The van der Waals surface area contributed by atoms with Gasteiger partial charge in [-0.2, -0.15) is 0 Å². The lowest BCUT2D eigenvalue weighted by atomic mass is 10.0. The van der Waals surface area contributed by atoms with Crippen LogP contribution in [0.5, 0.6) is 0 Å². The van der Waals surface area contributed by atoms with Crippen molar-refractivity contribution in [3.05, 3.63) is 41.4 Å². The minimum Gasteiger partial charge on any atom is -0.334 e. The Morgan fingerprint density at radius 3 is 2.90 bits per heavy atom. The van der Waals surface area contributed by atoms with E-state index in [1.807, 2.05) is 35.2 Å². The topological polar surface area (TPSA) is 59.2 Å². The summed E-state index contributed by atoms with van der Waals surface area (Å²) in [5, 5.41) is 0.889. The Hall–Kier alpha value is -1.72. The van der Waals surface area contributed by atoms with Gasteiger partial charge in [0.2, 0.25) is 0 Å². The number of hydrogen-bond acceptors (Lipinski definition) is 4. The molecule has 1 aliphatic heterocycles. The Balaban J connectivity index is 1.81. The zero-order chi connectivity index (χ0) is 14.7. The molecule has 2 N–H and O–H groups in total. The van der Waals surface area contributed by atoms with Crippen LogP contribution < -0.4 is 5.73 Å². The van der Waals surface area contributed by atoms with Crippen molar-refractivity contribution in [2.75, 3.05) is 13.1 Å². The fraction of sp³-hybridized carbons (Fsp3) is 0.375. The van der Waals surface area contributed by atoms with E-state index in [1.54, 1.807) is 6.20 Å². The van der Waals surface area contributed by atoms with Crippen molar-refractivity contribution in [2.24, 2.45) is 5.73 Å². The highest BCUT2D eigenvalue weighted by atomic mass is 32.1. The quantitative estimate of drug-likeness (QED) is 0.948. The molecule has 0 radical (unpaired) electrons. The molecule has 21 heavy (non-hydrogen) atoms. The Bertz CT molecular complexity index is 611. The first-order valence-electron chi connectivity index (χ1n) is 7.32. The lowest BCUT2D eigenvalue weighted by Gasteiger charge is -2.34. The van der Waals surface area contributed by atoms with Crippen molar-refractivity contribution in [2.45, 2.75) is 25.3 Å². The van der Waals surface area contributed by atoms with Crippen LogP contribution in [0.2, 0.25) is 0 Å². The smallest absolute Gasteiger partial charge is 0.265 e. The van der Waals surface area contributed by atoms with Crippen molar-refractivity contribution < 1.29 is 4.79 Å². The summed E-state index contributed by atoms with van der Waals surface area (Å²) in [5.74, 6) is 0.0739. The molecule has 1 aromatic heterocycles. The molecular formula is C16H19N3OS. The molecule has 1 aromatic carbocycles. The van der Waals surface area contributed by atoms with Gasteiger partial charge in [0.1, 0.15) is 9.88 Å². The maximum absolute atomic E-state index is 12.7. The average molecular weight is 301 g/mol. The second-order valence-electron chi connectivity index (χ2n) is 5.28. The monoisotopic (exact) mass is 301 g/mol. The van der Waals surface area contributed by atoms with Crippen LogP contribution in [0.15, 0.2) is 36.5 Å². The third kappa shape index (κ3) is 2.99. The van der Waals surface area contributed by atoms with Crippen molar-refractivity contribution in [1.29, 1.82) is 0 Å². The van der Waals surface area contributed by atoms with Crippen LogP contribution in [0.3, 0.4) is 0 Å². The van der Waals surface area contributed by atoms with Crippen LogP contribution >= 0.6 is 11.3 Å². The number of nitrogens with zero attached hydrogens (tertiary/aromatic N) is 2. The Morgan fingerprint density at radius 2 is 2.14 bits per heavy atom. The van der Waals surface area contributed by atoms with Gasteiger partial charge in [-0.05, 0) is 19.3 Å². The lowest BCUT2D eigenvalue weighted by molar-refractivity contribution is 0.0628. The summed E-state index contributed by atoms with van der Waals surface area (Å²) in [5.41, 5.74) is 6.85. The van der Waals surface area contributed by atoms with E-state index in [2.05, 4.69) is 4.98 Å². The van der Waals surface area contributed by atoms with E-state index >= 15 is 0 Å². The van der Waals surface area contributed by atoms with Gasteiger partial charge in [-0.25, -0.2) is 4.98 Å². The molecule has 2 aromatic rings. The molecule has 1 fully saturated rings. The van der Waals surface area contributed by atoms with Gasteiger partial charge in [0, 0.05) is 24.7 Å². The molecule has 1 atom stereocenters. The van der Waals surface area contributed by atoms with Gasteiger partial charge in [0.15, 0.2) is 0 Å². The van der Waals surface area contributed by atoms with Gasteiger partial charge < -0.3 is 10.6 Å². The lowest BCUT2D eigenvalue weighted by Crippen LogP contribution is -2.47. The van der Waals surface area contributed by atoms with Crippen LogP contribution in [-0.2, 0) is 0 Å². The molecule has 0 bridgehead atoms. The van der Waals surface area contributed by atoms with Gasteiger partial charge in [0.05, 0.1) is 6.20 Å². The van der Waals surface area contributed by atoms with E-state index in [9.17, 15) is 4.79 Å². The molecule has 5 heteroatoms. The van der Waals surface area contributed by atoms with E-state index in [0.717, 1.165) is 36.4 Å². The molecule has 0 spiro atoms. The van der Waals surface area contributed by atoms with Crippen LogP contribution in [0, 0.1) is 0 Å². The van der Waals surface area contributed by atoms with Crippen LogP contribution in [0.25, 0.3) is 10.6 Å². The molecule has 4 nitrogen and oxygen atoms in total. The zero-order valence-corrected chi connectivity index (χ0v) is 12.7. The van der Waals surface area contributed by atoms with Crippen molar-refractivity contribution >= 4 is 17.2 Å². The molecule has 1 unspecified atom stereocenters. The Kier molecular flexibility index (Phi) is 4.31. The predicted molar refractivity (Wildman–Crippen MR) is 85.3 cm³/mol. The largest absolute Gasteiger partial charge is 0.334 e. The van der Waals surface area contributed by atoms with E-state index in [-0.39, 0.29) is 11.9 Å². The number of rotatable bonds is 3. The number of piperidine rings is 1. The van der Waals surface area contributed by atoms with Gasteiger partial charge in [-0.1, -0.05) is 30.3 Å². The zero-order valence-electron chi connectivity index (χ0n) is 11.9. The second kappa shape index (κ2) is 6.37. The highest BCUT2D eigenvalue weighted by molar-refractivity contribution is 7.16. The highest BCUT2D eigenvalue weighted by Crippen LogP contribution is 2.27. The third-order valence-corrected chi connectivity index (χ3v) is 4.93. The molecule has 1 amide bonds. The molecule has 2 heterocycles. The fourth-order valence-electron chi connectivity index (χ4n) is 2.74. The van der Waals surface area contributed by atoms with Gasteiger partial charge in [-0.15, -0.1) is 11.3 Å². The number of likely N-dealkylation sites (tertiary alicyclic amines) is 1. The SMILES string of the molecule is NCC1CCCCN1C(=O)c1cnc(-c2ccccc2)s1. The van der Waals surface area contributed by atoms with Gasteiger partial charge in [-0.3, -0.25) is 4.79 Å². The van der Waals surface area contributed by atoms with Gasteiger partial charge in [0.25, 0.3) is 5.91 Å². The molecular weight excluding hydrogens is 282 g/mol. The summed E-state index contributed by atoms with van der Waals surface area (Å²) >= 11 is 1.46. The maximum atomic E-state index is 12.7. The molecule has 1 aliphatic rings. The first-order valence-corrected chi connectivity index (χ1v) is 8.13. The predicted octanol–water partition coefficient (Wildman–Crippen LogP) is 2.76. The number of hydrogen-bond donors (Lipinski definition) is 1. The third-order valence-electron chi connectivity index (χ3n) is 3.90. The molecule has 0 saturated carbocycles. The summed E-state index contributed by atoms with van der Waals surface area (Å²) in [4.78, 5) is 19.7. The summed E-state index contributed by atoms with van der Waals surface area (Å²) in [6.45, 7) is 1.34. The number of carbonyl (C=O) groups is 1. The first kappa shape index (κ1) is 14.2. The first-order chi connectivity index (χ1) is 10.3. The summed E-state index contributed by atoms with van der Waals surface area (Å²) in [6.07, 6.45) is 4.92. The molecule has 3 rings (SSSR count). The standard InChI is InChI=1S/C16H19N3OS/c17-10-13-8-4-5-9-19(13)16(20)14-11-18-15(21-14)12-6-2-1-3-7-12/h1-3,6-7,11,13H,4-5,8-10,17H2. The van der Waals surface area contributed by atoms with Crippen molar-refractivity contribution in [3.8, 4) is 10.6 Å². The average Bonchev–Trinajstić information content (AvgIpc) is 3.05. The summed E-state index contributed by atoms with van der Waals surface area (Å²) < 4.78 is 0. The maximum Gasteiger partial charge on any atom is 0.265 e. The Labute approximate surface area is 128 Å². The highest BCUT2D eigenvalue weighted by Gasteiger charge is 2.27. The van der Waals surface area contributed by atoms with E-state index in [4.69, 9.17) is 5.73 Å². The summed E-state index contributed by atoms with van der Waals surface area (Å²) in [6, 6.07) is 10.1. The minimum absolute atomic E-state index is 0.0739. The Morgan fingerprint density at radius 1 is 1.33 bits per heavy atom. The normalized spacial score (nSPS) is 18.7. The molecule has 1 saturated heterocycles. The van der Waals surface area contributed by atoms with E-state index in [1.165, 1.54) is 11.3 Å². The van der Waals surface area contributed by atoms with E-state index in [0.29, 0.717) is 11.4 Å². The van der Waals surface area contributed by atoms with Crippen LogP contribution in [0.4, 0.5) is 0 Å². The fourth-order valence-corrected chi connectivity index (χ4v) is 3.62. The number of aromatic nitrogens is 1.